The molecular weight excluding hydrogens is 520 g/mol. The number of hydrogen-bond donors (Lipinski definition) is 4. The smallest absolute Gasteiger partial charge is 0.264 e. The summed E-state index contributed by atoms with van der Waals surface area (Å²) < 4.78 is 0. The summed E-state index contributed by atoms with van der Waals surface area (Å²) in [6, 6.07) is 14.6. The van der Waals surface area contributed by atoms with Crippen molar-refractivity contribution in [3.8, 4) is 0 Å². The zero-order chi connectivity index (χ0) is 29.0. The number of nitrogens with zero attached hydrogens (tertiary/aromatic N) is 2. The van der Waals surface area contributed by atoms with E-state index in [1.807, 2.05) is 36.4 Å². The molecule has 0 saturated carbocycles. The SMILES string of the molecule is C[C@H](/C=C/CC(=O)N1CCC[C@H]1CO)[C@@]1(O)C(=O)N(Cc2cccc(NC(=O)C3CCCNC3)c2)c2ccccc21. The molecule has 9 heteroatoms. The van der Waals surface area contributed by atoms with Crippen molar-refractivity contribution in [3.63, 3.8) is 0 Å². The Morgan fingerprint density at radius 2 is 2.00 bits per heavy atom. The minimum absolute atomic E-state index is 0.0120. The molecule has 0 bridgehead atoms. The number of likely N-dealkylation sites (tertiary alicyclic amines) is 1. The molecule has 4 N–H and O–H groups in total. The number of hydrogen-bond acceptors (Lipinski definition) is 6. The molecule has 4 atom stereocenters. The van der Waals surface area contributed by atoms with Gasteiger partial charge in [-0.15, -0.1) is 0 Å². The summed E-state index contributed by atoms with van der Waals surface area (Å²) in [6.07, 6.45) is 7.11. The molecule has 41 heavy (non-hydrogen) atoms. The number of aliphatic hydroxyl groups excluding tert-OH is 1. The van der Waals surface area contributed by atoms with Gasteiger partial charge in [0.25, 0.3) is 5.91 Å². The molecule has 3 aliphatic heterocycles. The first-order valence-electron chi connectivity index (χ1n) is 14.6. The standard InChI is InChI=1S/C32H40N4O5/c1-22(8-4-15-29(38)35-17-7-12-26(35)21-37)32(41)27-13-2-3-14-28(27)36(31(32)40)20-23-9-5-11-25(18-23)34-30(39)24-10-6-16-33-19-24/h2-5,8-9,11,13-14,18,22,24,26,33,37,41H,6-7,10,12,15-17,19-21H2,1H3,(H,34,39)/b8-4+/t22-,24?,26+,32+/m1/s1. The maximum atomic E-state index is 13.8. The second-order valence-electron chi connectivity index (χ2n) is 11.4. The number of aliphatic hydroxyl groups is 2. The number of benzene rings is 2. The third kappa shape index (κ3) is 5.93. The van der Waals surface area contributed by atoms with Crippen LogP contribution in [0.2, 0.25) is 0 Å². The second-order valence-corrected chi connectivity index (χ2v) is 11.4. The Morgan fingerprint density at radius 3 is 2.78 bits per heavy atom. The molecule has 2 saturated heterocycles. The molecule has 5 rings (SSSR count). The molecule has 9 nitrogen and oxygen atoms in total. The van der Waals surface area contributed by atoms with Crippen molar-refractivity contribution in [2.75, 3.05) is 36.5 Å². The van der Waals surface area contributed by atoms with Crippen LogP contribution >= 0.6 is 0 Å². The highest BCUT2D eigenvalue weighted by atomic mass is 16.3. The molecule has 3 amide bonds. The predicted molar refractivity (Wildman–Crippen MR) is 157 cm³/mol. The zero-order valence-electron chi connectivity index (χ0n) is 23.6. The van der Waals surface area contributed by atoms with Gasteiger partial charge in [0.2, 0.25) is 11.8 Å². The molecule has 1 unspecified atom stereocenters. The van der Waals surface area contributed by atoms with E-state index < -0.39 is 17.4 Å². The van der Waals surface area contributed by atoms with Gasteiger partial charge in [0.05, 0.1) is 30.8 Å². The Morgan fingerprint density at radius 1 is 1.17 bits per heavy atom. The molecule has 3 heterocycles. The quantitative estimate of drug-likeness (QED) is 0.350. The summed E-state index contributed by atoms with van der Waals surface area (Å²) in [5.74, 6) is -1.16. The van der Waals surface area contributed by atoms with Gasteiger partial charge in [-0.25, -0.2) is 0 Å². The summed E-state index contributed by atoms with van der Waals surface area (Å²) in [6.45, 7) is 4.22. The summed E-state index contributed by atoms with van der Waals surface area (Å²) >= 11 is 0. The molecule has 2 aromatic rings. The lowest BCUT2D eigenvalue weighted by Gasteiger charge is -2.28. The Kier molecular flexibility index (Phi) is 8.87. The van der Waals surface area contributed by atoms with Gasteiger partial charge in [-0.3, -0.25) is 14.4 Å². The number of rotatable bonds is 9. The monoisotopic (exact) mass is 560 g/mol. The Labute approximate surface area is 241 Å². The maximum absolute atomic E-state index is 13.8. The van der Waals surface area contributed by atoms with Gasteiger partial charge < -0.3 is 30.6 Å². The first kappa shape index (κ1) is 29.0. The average molecular weight is 561 g/mol. The van der Waals surface area contributed by atoms with Gasteiger partial charge in [-0.1, -0.05) is 49.4 Å². The van der Waals surface area contributed by atoms with E-state index in [1.54, 1.807) is 41.0 Å². The van der Waals surface area contributed by atoms with Gasteiger partial charge in [0.15, 0.2) is 5.60 Å². The third-order valence-electron chi connectivity index (χ3n) is 8.66. The number of carbonyl (C=O) groups is 3. The van der Waals surface area contributed by atoms with Crippen molar-refractivity contribution in [1.82, 2.24) is 10.2 Å². The fourth-order valence-corrected chi connectivity index (χ4v) is 6.29. The van der Waals surface area contributed by atoms with Crippen molar-refractivity contribution in [3.05, 3.63) is 71.8 Å². The number of anilines is 2. The van der Waals surface area contributed by atoms with Gasteiger partial charge in [0.1, 0.15) is 0 Å². The molecule has 0 aromatic heterocycles. The van der Waals surface area contributed by atoms with Gasteiger partial charge in [-0.2, -0.15) is 0 Å². The molecule has 0 radical (unpaired) electrons. The fourth-order valence-electron chi connectivity index (χ4n) is 6.29. The topological polar surface area (TPSA) is 122 Å². The Balaban J connectivity index is 1.29. The van der Waals surface area contributed by atoms with Crippen LogP contribution in [0.4, 0.5) is 11.4 Å². The van der Waals surface area contributed by atoms with E-state index in [0.717, 1.165) is 37.8 Å². The van der Waals surface area contributed by atoms with Crippen LogP contribution in [0.25, 0.3) is 0 Å². The van der Waals surface area contributed by atoms with Gasteiger partial charge in [-0.05, 0) is 56.0 Å². The number of amides is 3. The fraction of sp³-hybridized carbons (Fsp3) is 0.469. The highest BCUT2D eigenvalue weighted by Gasteiger charge is 2.52. The van der Waals surface area contributed by atoms with E-state index in [-0.39, 0.29) is 43.3 Å². The average Bonchev–Trinajstić information content (AvgIpc) is 3.56. The number of piperidine rings is 1. The van der Waals surface area contributed by atoms with Crippen LogP contribution in [0.15, 0.2) is 60.7 Å². The van der Waals surface area contributed by atoms with Crippen molar-refractivity contribution >= 4 is 29.1 Å². The lowest BCUT2D eigenvalue weighted by atomic mass is 9.83. The molecule has 3 aliphatic rings. The molecule has 2 aromatic carbocycles. The third-order valence-corrected chi connectivity index (χ3v) is 8.66. The Hall–Kier alpha value is -3.53. The second kappa shape index (κ2) is 12.5. The molecule has 218 valence electrons. The van der Waals surface area contributed by atoms with E-state index in [1.165, 1.54) is 0 Å². The van der Waals surface area contributed by atoms with Crippen LogP contribution < -0.4 is 15.5 Å². The highest BCUT2D eigenvalue weighted by molar-refractivity contribution is 6.07. The summed E-state index contributed by atoms with van der Waals surface area (Å²) in [5.41, 5.74) is 0.895. The first-order chi connectivity index (χ1) is 19.8. The predicted octanol–water partition coefficient (Wildman–Crippen LogP) is 2.92. The number of fused-ring (bicyclic) bond motifs is 1. The van der Waals surface area contributed by atoms with Crippen LogP contribution in [-0.2, 0) is 26.5 Å². The van der Waals surface area contributed by atoms with Crippen LogP contribution in [-0.4, -0.2) is 65.1 Å². The van der Waals surface area contributed by atoms with Crippen molar-refractivity contribution in [1.29, 1.82) is 0 Å². The minimum atomic E-state index is -1.78. The van der Waals surface area contributed by atoms with E-state index in [2.05, 4.69) is 10.6 Å². The normalized spacial score (nSPS) is 25.0. The van der Waals surface area contributed by atoms with E-state index >= 15 is 0 Å². The summed E-state index contributed by atoms with van der Waals surface area (Å²) in [7, 11) is 0. The highest BCUT2D eigenvalue weighted by Crippen LogP contribution is 2.45. The maximum Gasteiger partial charge on any atom is 0.264 e. The van der Waals surface area contributed by atoms with Crippen molar-refractivity contribution in [2.45, 2.75) is 57.2 Å². The molecule has 0 aliphatic carbocycles. The Bertz CT molecular complexity index is 1310. The summed E-state index contributed by atoms with van der Waals surface area (Å²) in [4.78, 5) is 42.6. The van der Waals surface area contributed by atoms with Crippen LogP contribution in [0.3, 0.4) is 0 Å². The van der Waals surface area contributed by atoms with Crippen LogP contribution in [0.1, 0.15) is 50.2 Å². The van der Waals surface area contributed by atoms with Crippen LogP contribution in [0.5, 0.6) is 0 Å². The largest absolute Gasteiger partial charge is 0.394 e. The van der Waals surface area contributed by atoms with Gasteiger partial charge >= 0.3 is 0 Å². The minimum Gasteiger partial charge on any atom is -0.394 e. The van der Waals surface area contributed by atoms with Gasteiger partial charge in [0, 0.05) is 36.7 Å². The number of carbonyl (C=O) groups excluding carboxylic acids is 3. The molecule has 2 fully saturated rings. The van der Waals surface area contributed by atoms with E-state index in [4.69, 9.17) is 0 Å². The van der Waals surface area contributed by atoms with E-state index in [0.29, 0.717) is 30.0 Å². The number of para-hydroxylation sites is 1. The summed E-state index contributed by atoms with van der Waals surface area (Å²) in [5, 5.41) is 27.7. The van der Waals surface area contributed by atoms with Crippen LogP contribution in [0, 0.1) is 11.8 Å². The zero-order valence-corrected chi connectivity index (χ0v) is 23.6. The van der Waals surface area contributed by atoms with Crippen molar-refractivity contribution < 1.29 is 24.6 Å². The molecule has 0 spiro atoms. The number of nitrogens with one attached hydrogen (secondary N) is 2. The van der Waals surface area contributed by atoms with E-state index in [9.17, 15) is 24.6 Å². The van der Waals surface area contributed by atoms with Crippen molar-refractivity contribution in [2.24, 2.45) is 11.8 Å². The molecular formula is C32H40N4O5. The lowest BCUT2D eigenvalue weighted by molar-refractivity contribution is -0.139. The lowest BCUT2D eigenvalue weighted by Crippen LogP contribution is -2.44. The first-order valence-corrected chi connectivity index (χ1v) is 14.6.